The van der Waals surface area contributed by atoms with E-state index >= 15 is 0 Å². The summed E-state index contributed by atoms with van der Waals surface area (Å²) < 4.78 is 0. The van der Waals surface area contributed by atoms with E-state index in [4.69, 9.17) is 0 Å². The van der Waals surface area contributed by atoms with Crippen LogP contribution in [0.4, 0.5) is 5.69 Å². The number of carbonyl (C=O) groups is 1. The van der Waals surface area contributed by atoms with Gasteiger partial charge >= 0.3 is 0 Å². The largest absolute Gasteiger partial charge is 0.352 e. The molecule has 1 amide bonds. The summed E-state index contributed by atoms with van der Waals surface area (Å²) in [6.45, 7) is 9.43. The van der Waals surface area contributed by atoms with Crippen LogP contribution in [0.5, 0.6) is 0 Å². The van der Waals surface area contributed by atoms with Crippen molar-refractivity contribution in [3.63, 3.8) is 0 Å². The van der Waals surface area contributed by atoms with E-state index in [0.717, 1.165) is 27.9 Å². The molecule has 2 aromatic rings. The quantitative estimate of drug-likeness (QED) is 0.293. The molecule has 0 saturated carbocycles. The van der Waals surface area contributed by atoms with Crippen LogP contribution in [0.1, 0.15) is 41.4 Å². The van der Waals surface area contributed by atoms with E-state index in [9.17, 15) is 4.79 Å². The van der Waals surface area contributed by atoms with Crippen LogP contribution in [0.25, 0.3) is 0 Å². The van der Waals surface area contributed by atoms with Crippen molar-refractivity contribution in [2.75, 3.05) is 12.4 Å². The second kappa shape index (κ2) is 12.0. The van der Waals surface area contributed by atoms with Gasteiger partial charge in [0.2, 0.25) is 5.91 Å². The highest BCUT2D eigenvalue weighted by Crippen LogP contribution is 2.16. The molecule has 8 heteroatoms. The fourth-order valence-corrected chi connectivity index (χ4v) is 3.40. The van der Waals surface area contributed by atoms with Crippen LogP contribution in [-0.2, 0) is 17.9 Å². The van der Waals surface area contributed by atoms with Crippen molar-refractivity contribution < 1.29 is 4.79 Å². The average Bonchev–Trinajstić information content (AvgIpc) is 2.92. The van der Waals surface area contributed by atoms with E-state index < -0.39 is 0 Å². The summed E-state index contributed by atoms with van der Waals surface area (Å²) in [6.07, 6.45) is 0.523. The molecule has 0 spiro atoms. The van der Waals surface area contributed by atoms with Gasteiger partial charge < -0.3 is 16.0 Å². The molecule has 0 aliphatic heterocycles. The van der Waals surface area contributed by atoms with Gasteiger partial charge in [-0.1, -0.05) is 26.0 Å². The number of hydrogen-bond acceptors (Lipinski definition) is 4. The zero-order valence-corrected chi connectivity index (χ0v) is 20.3. The zero-order chi connectivity index (χ0) is 19.8. The Bertz CT molecular complexity index is 784. The van der Waals surface area contributed by atoms with Crippen molar-refractivity contribution in [1.29, 1.82) is 0 Å². The average molecular weight is 515 g/mol. The summed E-state index contributed by atoms with van der Waals surface area (Å²) in [7, 11) is 1.75. The second-order valence-corrected chi connectivity index (χ2v) is 8.16. The van der Waals surface area contributed by atoms with Gasteiger partial charge in [0.05, 0.1) is 12.2 Å². The molecule has 0 fully saturated rings. The molecule has 0 atom stereocenters. The van der Waals surface area contributed by atoms with E-state index in [-0.39, 0.29) is 29.9 Å². The van der Waals surface area contributed by atoms with Gasteiger partial charge in [0.25, 0.3) is 0 Å². The van der Waals surface area contributed by atoms with Gasteiger partial charge in [0.15, 0.2) is 5.96 Å². The number of carbonyl (C=O) groups excluding carboxylic acids is 1. The lowest BCUT2D eigenvalue weighted by atomic mass is 10.1. The summed E-state index contributed by atoms with van der Waals surface area (Å²) in [5.74, 6) is 1.10. The zero-order valence-electron chi connectivity index (χ0n) is 17.1. The number of nitrogens with one attached hydrogen (secondary N) is 3. The van der Waals surface area contributed by atoms with Crippen LogP contribution >= 0.6 is 35.3 Å². The predicted octanol–water partition coefficient (Wildman–Crippen LogP) is 4.23. The van der Waals surface area contributed by atoms with Crippen LogP contribution in [-0.4, -0.2) is 23.9 Å². The SMILES string of the molecule is CN=C(NCc1cccc(NC(=O)CC(C)C)c1)NCc1nc(C)c(C)s1.I. The van der Waals surface area contributed by atoms with Gasteiger partial charge in [0.1, 0.15) is 5.01 Å². The summed E-state index contributed by atoms with van der Waals surface area (Å²) in [5.41, 5.74) is 2.97. The third kappa shape index (κ3) is 8.14. The van der Waals surface area contributed by atoms with E-state index in [1.165, 1.54) is 4.88 Å². The number of guanidine groups is 1. The minimum Gasteiger partial charge on any atom is -0.352 e. The molecule has 0 radical (unpaired) electrons. The number of hydrogen-bond donors (Lipinski definition) is 3. The van der Waals surface area contributed by atoms with Crippen molar-refractivity contribution in [2.24, 2.45) is 10.9 Å². The van der Waals surface area contributed by atoms with Crippen molar-refractivity contribution in [1.82, 2.24) is 15.6 Å². The number of nitrogens with zero attached hydrogens (tertiary/aromatic N) is 2. The first-order chi connectivity index (χ1) is 12.9. The molecule has 1 aromatic carbocycles. The van der Waals surface area contributed by atoms with Crippen LogP contribution < -0.4 is 16.0 Å². The highest BCUT2D eigenvalue weighted by molar-refractivity contribution is 14.0. The number of benzene rings is 1. The number of halogens is 1. The number of rotatable bonds is 7. The Morgan fingerprint density at radius 3 is 2.54 bits per heavy atom. The molecule has 0 saturated heterocycles. The summed E-state index contributed by atoms with van der Waals surface area (Å²) in [6, 6.07) is 7.85. The van der Waals surface area contributed by atoms with Crippen LogP contribution in [0.3, 0.4) is 0 Å². The number of anilines is 1. The summed E-state index contributed by atoms with van der Waals surface area (Å²) in [4.78, 5) is 22.0. The van der Waals surface area contributed by atoms with Gasteiger partial charge in [-0.05, 0) is 37.5 Å². The van der Waals surface area contributed by atoms with Gasteiger partial charge in [-0.15, -0.1) is 35.3 Å². The number of aryl methyl sites for hydroxylation is 2. The molecule has 2 rings (SSSR count). The molecule has 0 unspecified atom stereocenters. The molecule has 3 N–H and O–H groups in total. The first-order valence-corrected chi connectivity index (χ1v) is 9.95. The lowest BCUT2D eigenvalue weighted by Crippen LogP contribution is -2.36. The molecule has 1 aromatic heterocycles. The number of amides is 1. The second-order valence-electron chi connectivity index (χ2n) is 6.88. The molecule has 0 aliphatic rings. The topological polar surface area (TPSA) is 78.4 Å². The lowest BCUT2D eigenvalue weighted by Gasteiger charge is -2.12. The van der Waals surface area contributed by atoms with Crippen molar-refractivity contribution in [3.05, 3.63) is 45.4 Å². The van der Waals surface area contributed by atoms with E-state index in [1.807, 2.05) is 45.0 Å². The third-order valence-corrected chi connectivity index (χ3v) is 5.04. The van der Waals surface area contributed by atoms with Gasteiger partial charge in [-0.2, -0.15) is 0 Å². The van der Waals surface area contributed by atoms with Crippen LogP contribution in [0.15, 0.2) is 29.3 Å². The van der Waals surface area contributed by atoms with Gasteiger partial charge in [0, 0.05) is 30.6 Å². The molecule has 0 bridgehead atoms. The fraction of sp³-hybridized carbons (Fsp3) is 0.450. The Kier molecular flexibility index (Phi) is 10.4. The Morgan fingerprint density at radius 2 is 1.93 bits per heavy atom. The maximum Gasteiger partial charge on any atom is 0.224 e. The molecular weight excluding hydrogens is 485 g/mol. The van der Waals surface area contributed by atoms with Crippen LogP contribution in [0, 0.1) is 19.8 Å². The maximum atomic E-state index is 11.9. The highest BCUT2D eigenvalue weighted by atomic mass is 127. The first-order valence-electron chi connectivity index (χ1n) is 9.13. The van der Waals surface area contributed by atoms with Crippen molar-refractivity contribution >= 4 is 52.9 Å². The molecule has 6 nitrogen and oxygen atoms in total. The van der Waals surface area contributed by atoms with Crippen molar-refractivity contribution in [2.45, 2.75) is 47.2 Å². The number of thiazole rings is 1. The predicted molar refractivity (Wildman–Crippen MR) is 129 cm³/mol. The lowest BCUT2D eigenvalue weighted by molar-refractivity contribution is -0.116. The van der Waals surface area contributed by atoms with Crippen LogP contribution in [0.2, 0.25) is 0 Å². The molecule has 1 heterocycles. The summed E-state index contributed by atoms with van der Waals surface area (Å²) in [5, 5.41) is 10.6. The summed E-state index contributed by atoms with van der Waals surface area (Å²) >= 11 is 1.70. The Balaban J connectivity index is 0.00000392. The van der Waals surface area contributed by atoms with Gasteiger partial charge in [-0.25, -0.2) is 4.98 Å². The minimum absolute atomic E-state index is 0. The molecule has 0 aliphatic carbocycles. The molecule has 28 heavy (non-hydrogen) atoms. The Labute approximate surface area is 188 Å². The number of aliphatic imine (C=N–C) groups is 1. The van der Waals surface area contributed by atoms with E-state index in [1.54, 1.807) is 18.4 Å². The third-order valence-electron chi connectivity index (χ3n) is 3.97. The smallest absolute Gasteiger partial charge is 0.224 e. The maximum absolute atomic E-state index is 11.9. The standard InChI is InChI=1S/C20H29N5OS.HI/c1-13(2)9-18(26)25-17-8-6-7-16(10-17)11-22-20(21-5)23-12-19-24-14(3)15(4)27-19;/h6-8,10,13H,9,11-12H2,1-5H3,(H,25,26)(H2,21,22,23);1H. The Morgan fingerprint density at radius 1 is 1.21 bits per heavy atom. The van der Waals surface area contributed by atoms with E-state index in [2.05, 4.69) is 32.9 Å². The first kappa shape index (κ1) is 24.4. The van der Waals surface area contributed by atoms with E-state index in [0.29, 0.717) is 25.4 Å². The van der Waals surface area contributed by atoms with Gasteiger partial charge in [-0.3, -0.25) is 9.79 Å². The molecular formula is C20H30IN5OS. The minimum atomic E-state index is 0. The normalized spacial score (nSPS) is 11.1. The molecule has 154 valence electrons. The Hall–Kier alpha value is -1.68. The monoisotopic (exact) mass is 515 g/mol. The fourth-order valence-electron chi connectivity index (χ4n) is 2.52. The van der Waals surface area contributed by atoms with Crippen molar-refractivity contribution in [3.8, 4) is 0 Å². The number of aromatic nitrogens is 1. The highest BCUT2D eigenvalue weighted by Gasteiger charge is 2.07.